The van der Waals surface area contributed by atoms with Crippen molar-refractivity contribution >= 4 is 15.7 Å². The highest BCUT2D eigenvalue weighted by Gasteiger charge is 2.18. The van der Waals surface area contributed by atoms with Crippen LogP contribution in [0.4, 0.5) is 0 Å². The van der Waals surface area contributed by atoms with Gasteiger partial charge in [-0.15, -0.1) is 0 Å². The standard InChI is InChI=1S/C11H16N2O3S/c1-8(7-12)13-11(14)9-5-3-4-6-10(9)17(2,15)16/h3-6,8H,7,12H2,1-2H3,(H,13,14)/t8-/m0/s1. The highest BCUT2D eigenvalue weighted by molar-refractivity contribution is 7.90. The van der Waals surface area contributed by atoms with Crippen LogP contribution < -0.4 is 11.1 Å². The molecule has 3 N–H and O–H groups in total. The van der Waals surface area contributed by atoms with Crippen molar-refractivity contribution in [1.29, 1.82) is 0 Å². The minimum Gasteiger partial charge on any atom is -0.348 e. The molecule has 0 bridgehead atoms. The molecule has 1 rings (SSSR count). The quantitative estimate of drug-likeness (QED) is 0.803. The first-order valence-corrected chi connectivity index (χ1v) is 7.05. The van der Waals surface area contributed by atoms with E-state index in [1.807, 2.05) is 0 Å². The number of benzene rings is 1. The number of carbonyl (C=O) groups is 1. The minimum absolute atomic E-state index is 0.0294. The van der Waals surface area contributed by atoms with E-state index in [2.05, 4.69) is 5.32 Å². The Morgan fingerprint density at radius 1 is 1.41 bits per heavy atom. The predicted molar refractivity (Wildman–Crippen MR) is 65.5 cm³/mol. The molecule has 17 heavy (non-hydrogen) atoms. The van der Waals surface area contributed by atoms with Crippen LogP contribution in [0.15, 0.2) is 29.2 Å². The Balaban J connectivity index is 3.11. The first-order chi connectivity index (χ1) is 7.86. The van der Waals surface area contributed by atoms with Crippen LogP contribution in [0.5, 0.6) is 0 Å². The van der Waals surface area contributed by atoms with E-state index in [1.165, 1.54) is 12.1 Å². The molecular formula is C11H16N2O3S. The lowest BCUT2D eigenvalue weighted by Crippen LogP contribution is -2.38. The van der Waals surface area contributed by atoms with Gasteiger partial charge in [-0.25, -0.2) is 8.42 Å². The smallest absolute Gasteiger partial charge is 0.252 e. The highest BCUT2D eigenvalue weighted by Crippen LogP contribution is 2.15. The van der Waals surface area contributed by atoms with E-state index < -0.39 is 15.7 Å². The number of hydrogen-bond acceptors (Lipinski definition) is 4. The van der Waals surface area contributed by atoms with Gasteiger partial charge in [-0.05, 0) is 19.1 Å². The van der Waals surface area contributed by atoms with Gasteiger partial charge in [0.1, 0.15) is 0 Å². The van der Waals surface area contributed by atoms with Gasteiger partial charge in [0.25, 0.3) is 5.91 Å². The summed E-state index contributed by atoms with van der Waals surface area (Å²) in [6.45, 7) is 2.05. The van der Waals surface area contributed by atoms with Crippen molar-refractivity contribution in [2.45, 2.75) is 17.9 Å². The van der Waals surface area contributed by atoms with Crippen molar-refractivity contribution in [3.05, 3.63) is 29.8 Å². The molecule has 94 valence electrons. The molecule has 1 aromatic rings. The fourth-order valence-electron chi connectivity index (χ4n) is 1.34. The van der Waals surface area contributed by atoms with Crippen LogP contribution in [0.25, 0.3) is 0 Å². The average molecular weight is 256 g/mol. The van der Waals surface area contributed by atoms with Gasteiger partial charge >= 0.3 is 0 Å². The summed E-state index contributed by atoms with van der Waals surface area (Å²) in [5, 5.41) is 2.63. The summed E-state index contributed by atoms with van der Waals surface area (Å²) in [6.07, 6.45) is 1.07. The molecule has 1 atom stereocenters. The van der Waals surface area contributed by atoms with Crippen molar-refractivity contribution < 1.29 is 13.2 Å². The fraction of sp³-hybridized carbons (Fsp3) is 0.364. The Kier molecular flexibility index (Phi) is 4.25. The third-order valence-corrected chi connectivity index (χ3v) is 3.42. The lowest BCUT2D eigenvalue weighted by Gasteiger charge is -2.13. The topological polar surface area (TPSA) is 89.3 Å². The molecule has 5 nitrogen and oxygen atoms in total. The molecule has 0 aliphatic rings. The van der Waals surface area contributed by atoms with Gasteiger partial charge in [-0.1, -0.05) is 12.1 Å². The fourth-order valence-corrected chi connectivity index (χ4v) is 2.22. The highest BCUT2D eigenvalue weighted by atomic mass is 32.2. The number of rotatable bonds is 4. The van der Waals surface area contributed by atoms with E-state index >= 15 is 0 Å². The summed E-state index contributed by atoms with van der Waals surface area (Å²) < 4.78 is 23.0. The van der Waals surface area contributed by atoms with Crippen LogP contribution in [-0.2, 0) is 9.84 Å². The van der Waals surface area contributed by atoms with Crippen LogP contribution in [0.2, 0.25) is 0 Å². The molecule has 0 saturated heterocycles. The minimum atomic E-state index is -3.41. The zero-order valence-corrected chi connectivity index (χ0v) is 10.6. The third-order valence-electron chi connectivity index (χ3n) is 2.26. The summed E-state index contributed by atoms with van der Waals surface area (Å²) in [6, 6.07) is 5.90. The lowest BCUT2D eigenvalue weighted by atomic mass is 10.2. The Bertz CT molecular complexity index is 511. The van der Waals surface area contributed by atoms with Crippen LogP contribution >= 0.6 is 0 Å². The Morgan fingerprint density at radius 2 is 2.00 bits per heavy atom. The molecule has 0 spiro atoms. The monoisotopic (exact) mass is 256 g/mol. The first kappa shape index (κ1) is 13.7. The maximum Gasteiger partial charge on any atom is 0.252 e. The number of hydrogen-bond donors (Lipinski definition) is 2. The van der Waals surface area contributed by atoms with Crippen molar-refractivity contribution in [2.24, 2.45) is 5.73 Å². The molecule has 0 saturated carbocycles. The second-order valence-corrected chi connectivity index (χ2v) is 5.86. The maximum atomic E-state index is 11.9. The molecule has 0 heterocycles. The van der Waals surface area contributed by atoms with Gasteiger partial charge in [-0.2, -0.15) is 0 Å². The lowest BCUT2D eigenvalue weighted by molar-refractivity contribution is 0.0938. The molecule has 1 aromatic carbocycles. The molecule has 0 fully saturated rings. The third kappa shape index (κ3) is 3.54. The summed E-state index contributed by atoms with van der Waals surface area (Å²) in [5.41, 5.74) is 5.54. The van der Waals surface area contributed by atoms with E-state index in [0.29, 0.717) is 6.54 Å². The molecular weight excluding hydrogens is 240 g/mol. The van der Waals surface area contributed by atoms with E-state index in [0.717, 1.165) is 6.26 Å². The molecule has 0 aromatic heterocycles. The molecule has 0 aliphatic heterocycles. The second kappa shape index (κ2) is 5.29. The Labute approximate surface area is 101 Å². The summed E-state index contributed by atoms with van der Waals surface area (Å²) in [7, 11) is -3.41. The van der Waals surface area contributed by atoms with Crippen molar-refractivity contribution in [2.75, 3.05) is 12.8 Å². The second-order valence-electron chi connectivity index (χ2n) is 3.88. The molecule has 6 heteroatoms. The normalized spacial score (nSPS) is 13.1. The average Bonchev–Trinajstić information content (AvgIpc) is 2.27. The predicted octanol–water partition coefficient (Wildman–Crippen LogP) is 0.167. The number of nitrogens with one attached hydrogen (secondary N) is 1. The van der Waals surface area contributed by atoms with Gasteiger partial charge in [-0.3, -0.25) is 4.79 Å². The zero-order valence-electron chi connectivity index (χ0n) is 9.80. The van der Waals surface area contributed by atoms with Gasteiger partial charge in [0.2, 0.25) is 0 Å². The van der Waals surface area contributed by atoms with Crippen LogP contribution in [0, 0.1) is 0 Å². The number of sulfone groups is 1. The number of nitrogens with two attached hydrogens (primary N) is 1. The van der Waals surface area contributed by atoms with Crippen molar-refractivity contribution in [3.8, 4) is 0 Å². The van der Waals surface area contributed by atoms with Gasteiger partial charge in [0.05, 0.1) is 10.5 Å². The van der Waals surface area contributed by atoms with Crippen LogP contribution in [0.3, 0.4) is 0 Å². The van der Waals surface area contributed by atoms with E-state index in [1.54, 1.807) is 19.1 Å². The molecule has 0 aliphatic carbocycles. The summed E-state index contributed by atoms with van der Waals surface area (Å²) >= 11 is 0. The largest absolute Gasteiger partial charge is 0.348 e. The first-order valence-electron chi connectivity index (χ1n) is 5.16. The summed E-state index contributed by atoms with van der Waals surface area (Å²) in [4.78, 5) is 11.9. The Morgan fingerprint density at radius 3 is 2.53 bits per heavy atom. The number of carbonyl (C=O) groups excluding carboxylic acids is 1. The van der Waals surface area contributed by atoms with Crippen molar-refractivity contribution in [3.63, 3.8) is 0 Å². The van der Waals surface area contributed by atoms with E-state index in [-0.39, 0.29) is 16.5 Å². The van der Waals surface area contributed by atoms with Crippen LogP contribution in [0.1, 0.15) is 17.3 Å². The number of amides is 1. The molecule has 0 unspecified atom stereocenters. The zero-order chi connectivity index (χ0) is 13.1. The summed E-state index contributed by atoms with van der Waals surface area (Å²) in [5.74, 6) is -0.427. The van der Waals surface area contributed by atoms with Gasteiger partial charge < -0.3 is 11.1 Å². The SMILES string of the molecule is C[C@@H](CN)NC(=O)c1ccccc1S(C)(=O)=O. The van der Waals surface area contributed by atoms with E-state index in [4.69, 9.17) is 5.73 Å². The van der Waals surface area contributed by atoms with Gasteiger partial charge in [0, 0.05) is 18.8 Å². The Hall–Kier alpha value is -1.40. The molecule has 1 amide bonds. The molecule has 0 radical (unpaired) electrons. The van der Waals surface area contributed by atoms with Crippen LogP contribution in [-0.4, -0.2) is 33.2 Å². The van der Waals surface area contributed by atoms with E-state index in [9.17, 15) is 13.2 Å². The van der Waals surface area contributed by atoms with Crippen molar-refractivity contribution in [1.82, 2.24) is 5.32 Å². The maximum absolute atomic E-state index is 11.9. The van der Waals surface area contributed by atoms with Gasteiger partial charge in [0.15, 0.2) is 9.84 Å².